The fraction of sp³-hybridized carbons (Fsp3) is 0.538. The molecule has 0 fully saturated rings. The van der Waals surface area contributed by atoms with E-state index in [4.69, 9.17) is 5.73 Å². The lowest BCUT2D eigenvalue weighted by atomic mass is 10.1. The van der Waals surface area contributed by atoms with Gasteiger partial charge in [-0.3, -0.25) is 0 Å². The average molecular weight is 223 g/mol. The van der Waals surface area contributed by atoms with Gasteiger partial charge in [-0.25, -0.2) is 0 Å². The van der Waals surface area contributed by atoms with Crippen LogP contribution in [0.25, 0.3) is 0 Å². The maximum Gasteiger partial charge on any atom is 0.0217 e. The summed E-state index contributed by atoms with van der Waals surface area (Å²) in [6.07, 6.45) is 1.04. The first-order chi connectivity index (χ1) is 7.04. The van der Waals surface area contributed by atoms with E-state index < -0.39 is 0 Å². The molecule has 1 nitrogen and oxygen atoms in total. The molecule has 0 aliphatic heterocycles. The topological polar surface area (TPSA) is 26.0 Å². The average Bonchev–Trinajstić information content (AvgIpc) is 2.22. The molecule has 0 saturated heterocycles. The van der Waals surface area contributed by atoms with E-state index in [1.807, 2.05) is 11.8 Å². The standard InChI is InChI=1S/C13H21NS/c1-5-13(14)11(4)15-12-7-6-9(2)10(3)8-12/h6-8,11,13H,5,14H2,1-4H3. The number of hydrogen-bond donors (Lipinski definition) is 1. The first-order valence-electron chi connectivity index (χ1n) is 5.54. The van der Waals surface area contributed by atoms with Crippen LogP contribution >= 0.6 is 11.8 Å². The molecule has 0 saturated carbocycles. The van der Waals surface area contributed by atoms with E-state index in [1.54, 1.807) is 0 Å². The predicted molar refractivity (Wildman–Crippen MR) is 69.5 cm³/mol. The number of thioether (sulfide) groups is 1. The Kier molecular flexibility index (Phi) is 4.68. The molecule has 0 radical (unpaired) electrons. The van der Waals surface area contributed by atoms with Crippen molar-refractivity contribution in [3.63, 3.8) is 0 Å². The summed E-state index contributed by atoms with van der Waals surface area (Å²) >= 11 is 1.87. The Bertz CT molecular complexity index is 322. The second kappa shape index (κ2) is 5.57. The van der Waals surface area contributed by atoms with E-state index in [9.17, 15) is 0 Å². The predicted octanol–water partition coefficient (Wildman–Crippen LogP) is 3.52. The summed E-state index contributed by atoms with van der Waals surface area (Å²) < 4.78 is 0. The molecule has 2 N–H and O–H groups in total. The number of rotatable bonds is 4. The summed E-state index contributed by atoms with van der Waals surface area (Å²) in [4.78, 5) is 1.33. The molecule has 1 aromatic rings. The van der Waals surface area contributed by atoms with Crippen LogP contribution in [0.2, 0.25) is 0 Å². The Morgan fingerprint density at radius 2 is 1.93 bits per heavy atom. The highest BCUT2D eigenvalue weighted by Gasteiger charge is 2.11. The summed E-state index contributed by atoms with van der Waals surface area (Å²) in [6, 6.07) is 6.91. The van der Waals surface area contributed by atoms with Gasteiger partial charge in [0.25, 0.3) is 0 Å². The van der Waals surface area contributed by atoms with Gasteiger partial charge in [0.15, 0.2) is 0 Å². The quantitative estimate of drug-likeness (QED) is 0.790. The van der Waals surface area contributed by atoms with Crippen LogP contribution in [0, 0.1) is 13.8 Å². The van der Waals surface area contributed by atoms with E-state index in [2.05, 4.69) is 45.9 Å². The molecule has 0 aromatic heterocycles. The van der Waals surface area contributed by atoms with E-state index in [1.165, 1.54) is 16.0 Å². The van der Waals surface area contributed by atoms with E-state index >= 15 is 0 Å². The second-order valence-electron chi connectivity index (χ2n) is 4.14. The van der Waals surface area contributed by atoms with Gasteiger partial charge in [0.2, 0.25) is 0 Å². The molecule has 2 unspecified atom stereocenters. The summed E-state index contributed by atoms with van der Waals surface area (Å²) in [7, 11) is 0. The minimum Gasteiger partial charge on any atom is -0.327 e. The van der Waals surface area contributed by atoms with Crippen molar-refractivity contribution in [2.75, 3.05) is 0 Å². The zero-order valence-corrected chi connectivity index (χ0v) is 10.9. The summed E-state index contributed by atoms with van der Waals surface area (Å²) in [6.45, 7) is 8.64. The Morgan fingerprint density at radius 1 is 1.27 bits per heavy atom. The van der Waals surface area contributed by atoms with Gasteiger partial charge < -0.3 is 5.73 Å². The molecule has 15 heavy (non-hydrogen) atoms. The summed E-state index contributed by atoms with van der Waals surface area (Å²) in [5.41, 5.74) is 8.72. The third-order valence-electron chi connectivity index (χ3n) is 2.87. The lowest BCUT2D eigenvalue weighted by Crippen LogP contribution is -2.29. The highest BCUT2D eigenvalue weighted by molar-refractivity contribution is 8.00. The van der Waals surface area contributed by atoms with Crippen molar-refractivity contribution >= 4 is 11.8 Å². The maximum absolute atomic E-state index is 6.01. The van der Waals surface area contributed by atoms with Crippen molar-refractivity contribution < 1.29 is 0 Å². The zero-order valence-electron chi connectivity index (χ0n) is 10.1. The molecule has 2 atom stereocenters. The number of benzene rings is 1. The van der Waals surface area contributed by atoms with Crippen molar-refractivity contribution in [2.24, 2.45) is 5.73 Å². The highest BCUT2D eigenvalue weighted by Crippen LogP contribution is 2.27. The van der Waals surface area contributed by atoms with Crippen LogP contribution in [0.3, 0.4) is 0 Å². The van der Waals surface area contributed by atoms with E-state index in [0.29, 0.717) is 5.25 Å². The molecular formula is C13H21NS. The zero-order chi connectivity index (χ0) is 11.4. The summed E-state index contributed by atoms with van der Waals surface area (Å²) in [5, 5.41) is 0.483. The third-order valence-corrected chi connectivity index (χ3v) is 4.12. The minimum atomic E-state index is 0.289. The van der Waals surface area contributed by atoms with Crippen LogP contribution in [0.5, 0.6) is 0 Å². The first-order valence-corrected chi connectivity index (χ1v) is 6.42. The van der Waals surface area contributed by atoms with Gasteiger partial charge in [-0.1, -0.05) is 19.9 Å². The number of hydrogen-bond acceptors (Lipinski definition) is 2. The molecule has 0 bridgehead atoms. The van der Waals surface area contributed by atoms with Gasteiger partial charge in [0.05, 0.1) is 0 Å². The lowest BCUT2D eigenvalue weighted by Gasteiger charge is -2.18. The Labute approximate surface area is 97.4 Å². The molecule has 0 aliphatic rings. The number of nitrogens with two attached hydrogens (primary N) is 1. The molecular weight excluding hydrogens is 202 g/mol. The molecule has 2 heteroatoms. The smallest absolute Gasteiger partial charge is 0.0217 e. The van der Waals surface area contributed by atoms with Crippen LogP contribution in [-0.2, 0) is 0 Å². The monoisotopic (exact) mass is 223 g/mol. The molecule has 1 rings (SSSR count). The van der Waals surface area contributed by atoms with Gasteiger partial charge >= 0.3 is 0 Å². The Balaban J connectivity index is 2.68. The third kappa shape index (κ3) is 3.54. The van der Waals surface area contributed by atoms with Crippen LogP contribution in [0.15, 0.2) is 23.1 Å². The van der Waals surface area contributed by atoms with Crippen molar-refractivity contribution in [1.29, 1.82) is 0 Å². The molecule has 0 amide bonds. The lowest BCUT2D eigenvalue weighted by molar-refractivity contribution is 0.642. The first kappa shape index (κ1) is 12.6. The largest absolute Gasteiger partial charge is 0.327 e. The SMILES string of the molecule is CCC(N)C(C)Sc1ccc(C)c(C)c1. The molecule has 0 heterocycles. The van der Waals surface area contributed by atoms with E-state index in [0.717, 1.165) is 6.42 Å². The van der Waals surface area contributed by atoms with E-state index in [-0.39, 0.29) is 6.04 Å². The van der Waals surface area contributed by atoms with Crippen LogP contribution in [-0.4, -0.2) is 11.3 Å². The normalized spacial score (nSPS) is 15.0. The van der Waals surface area contributed by atoms with Crippen LogP contribution < -0.4 is 5.73 Å². The molecule has 1 aromatic carbocycles. The van der Waals surface area contributed by atoms with Gasteiger partial charge in [-0.05, 0) is 43.5 Å². The fourth-order valence-corrected chi connectivity index (χ4v) is 2.61. The van der Waals surface area contributed by atoms with Crippen LogP contribution in [0.1, 0.15) is 31.4 Å². The van der Waals surface area contributed by atoms with Crippen molar-refractivity contribution in [1.82, 2.24) is 0 Å². The van der Waals surface area contributed by atoms with Gasteiger partial charge in [-0.15, -0.1) is 11.8 Å². The fourth-order valence-electron chi connectivity index (χ4n) is 1.42. The van der Waals surface area contributed by atoms with Crippen molar-refractivity contribution in [2.45, 2.75) is 50.3 Å². The van der Waals surface area contributed by atoms with Gasteiger partial charge in [0.1, 0.15) is 0 Å². The highest BCUT2D eigenvalue weighted by atomic mass is 32.2. The molecule has 84 valence electrons. The minimum absolute atomic E-state index is 0.289. The second-order valence-corrected chi connectivity index (χ2v) is 5.59. The summed E-state index contributed by atoms with van der Waals surface area (Å²) in [5.74, 6) is 0. The Morgan fingerprint density at radius 3 is 2.47 bits per heavy atom. The van der Waals surface area contributed by atoms with Crippen molar-refractivity contribution in [3.8, 4) is 0 Å². The number of aryl methyl sites for hydroxylation is 2. The molecule has 0 spiro atoms. The van der Waals surface area contributed by atoms with Gasteiger partial charge in [-0.2, -0.15) is 0 Å². The van der Waals surface area contributed by atoms with Crippen molar-refractivity contribution in [3.05, 3.63) is 29.3 Å². The van der Waals surface area contributed by atoms with Crippen LogP contribution in [0.4, 0.5) is 0 Å². The molecule has 0 aliphatic carbocycles. The Hall–Kier alpha value is -0.470. The maximum atomic E-state index is 6.01. The van der Waals surface area contributed by atoms with Gasteiger partial charge in [0, 0.05) is 16.2 Å².